The number of thiocarbonyl (C=S) groups is 1. The summed E-state index contributed by atoms with van der Waals surface area (Å²) in [6.07, 6.45) is 2.38. The molecule has 2 N–H and O–H groups in total. The minimum absolute atomic E-state index is 0.375. The van der Waals surface area contributed by atoms with Crippen LogP contribution in [0.25, 0.3) is 0 Å². The van der Waals surface area contributed by atoms with Crippen molar-refractivity contribution in [2.75, 3.05) is 13.6 Å². The van der Waals surface area contributed by atoms with Gasteiger partial charge in [-0.1, -0.05) is 12.2 Å². The van der Waals surface area contributed by atoms with E-state index in [1.54, 1.807) is 0 Å². The van der Waals surface area contributed by atoms with Crippen molar-refractivity contribution < 1.29 is 0 Å². The third-order valence-corrected chi connectivity index (χ3v) is 2.12. The monoisotopic (exact) mass is 144 g/mol. The normalized spacial score (nSPS) is 28.8. The topological polar surface area (TPSA) is 29.3 Å². The highest BCUT2D eigenvalue weighted by Gasteiger charge is 2.22. The fraction of sp³-hybridized carbons (Fsp3) is 0.833. The molecule has 0 amide bonds. The maximum Gasteiger partial charge on any atom is 0.0901 e. The Bertz CT molecular complexity index is 124. The standard InChI is InChI=1S/C6H12N2S/c1-8-4-2-3-5(8)6(7)9/h5H,2-4H2,1H3,(H2,7,9)/t5-/m0/s1. The summed E-state index contributed by atoms with van der Waals surface area (Å²) >= 11 is 4.87. The average molecular weight is 144 g/mol. The van der Waals surface area contributed by atoms with Gasteiger partial charge in [-0.05, 0) is 26.4 Å². The Labute approximate surface area is 61.0 Å². The Balaban J connectivity index is 2.49. The van der Waals surface area contributed by atoms with Crippen molar-refractivity contribution in [2.45, 2.75) is 18.9 Å². The molecule has 0 spiro atoms. The number of rotatable bonds is 1. The van der Waals surface area contributed by atoms with E-state index in [4.69, 9.17) is 18.0 Å². The molecule has 0 unspecified atom stereocenters. The fourth-order valence-electron chi connectivity index (χ4n) is 1.27. The first-order valence-corrected chi connectivity index (χ1v) is 3.62. The molecule has 1 heterocycles. The zero-order valence-electron chi connectivity index (χ0n) is 5.63. The van der Waals surface area contributed by atoms with E-state index in [1.807, 2.05) is 0 Å². The van der Waals surface area contributed by atoms with E-state index in [1.165, 1.54) is 6.42 Å². The van der Waals surface area contributed by atoms with Gasteiger partial charge in [-0.3, -0.25) is 4.90 Å². The highest BCUT2D eigenvalue weighted by atomic mass is 32.1. The number of nitrogens with zero attached hydrogens (tertiary/aromatic N) is 1. The van der Waals surface area contributed by atoms with Crippen molar-refractivity contribution in [3.05, 3.63) is 0 Å². The van der Waals surface area contributed by atoms with Crippen LogP contribution in [0.15, 0.2) is 0 Å². The maximum atomic E-state index is 5.48. The van der Waals surface area contributed by atoms with Crippen LogP contribution in [0.2, 0.25) is 0 Å². The molecule has 52 valence electrons. The third kappa shape index (κ3) is 1.40. The van der Waals surface area contributed by atoms with Crippen molar-refractivity contribution in [2.24, 2.45) is 5.73 Å². The zero-order chi connectivity index (χ0) is 6.85. The summed E-state index contributed by atoms with van der Waals surface area (Å²) in [4.78, 5) is 2.86. The summed E-state index contributed by atoms with van der Waals surface area (Å²) in [6.45, 7) is 1.14. The fourth-order valence-corrected chi connectivity index (χ4v) is 1.57. The van der Waals surface area contributed by atoms with Crippen LogP contribution in [0, 0.1) is 0 Å². The van der Waals surface area contributed by atoms with Crippen LogP contribution >= 0.6 is 12.2 Å². The van der Waals surface area contributed by atoms with Gasteiger partial charge in [0.15, 0.2) is 0 Å². The number of likely N-dealkylation sites (tertiary alicyclic amines) is 1. The molecule has 0 saturated carbocycles. The highest BCUT2D eigenvalue weighted by Crippen LogP contribution is 2.14. The van der Waals surface area contributed by atoms with Gasteiger partial charge in [0.2, 0.25) is 0 Å². The quantitative estimate of drug-likeness (QED) is 0.539. The molecule has 1 saturated heterocycles. The van der Waals surface area contributed by atoms with Crippen molar-refractivity contribution >= 4 is 17.2 Å². The molecule has 0 bridgehead atoms. The molecule has 9 heavy (non-hydrogen) atoms. The summed E-state index contributed by atoms with van der Waals surface area (Å²) in [5.41, 5.74) is 5.48. The SMILES string of the molecule is CN1CCC[C@H]1C(N)=S. The van der Waals surface area contributed by atoms with Gasteiger partial charge >= 0.3 is 0 Å². The van der Waals surface area contributed by atoms with Crippen LogP contribution in [-0.2, 0) is 0 Å². The van der Waals surface area contributed by atoms with Gasteiger partial charge in [-0.2, -0.15) is 0 Å². The number of hydrogen-bond acceptors (Lipinski definition) is 2. The molecule has 0 radical (unpaired) electrons. The molecular weight excluding hydrogens is 132 g/mol. The Hall–Kier alpha value is -0.150. The molecule has 3 heteroatoms. The molecule has 0 aromatic carbocycles. The van der Waals surface area contributed by atoms with Gasteiger partial charge < -0.3 is 5.73 Å². The Morgan fingerprint density at radius 3 is 2.67 bits per heavy atom. The number of likely N-dealkylation sites (N-methyl/N-ethyl adjacent to an activating group) is 1. The van der Waals surface area contributed by atoms with E-state index < -0.39 is 0 Å². The first kappa shape index (κ1) is 6.96. The third-order valence-electron chi connectivity index (χ3n) is 1.85. The first-order chi connectivity index (χ1) is 4.22. The van der Waals surface area contributed by atoms with Crippen LogP contribution in [0.4, 0.5) is 0 Å². The lowest BCUT2D eigenvalue weighted by Gasteiger charge is -2.16. The van der Waals surface area contributed by atoms with Gasteiger partial charge in [-0.15, -0.1) is 0 Å². The lowest BCUT2D eigenvalue weighted by atomic mass is 10.2. The van der Waals surface area contributed by atoms with E-state index >= 15 is 0 Å². The molecule has 0 aliphatic carbocycles. The summed E-state index contributed by atoms with van der Waals surface area (Å²) in [5.74, 6) is 0. The minimum atomic E-state index is 0.375. The highest BCUT2D eigenvalue weighted by molar-refractivity contribution is 7.80. The van der Waals surface area contributed by atoms with Crippen LogP contribution in [0.1, 0.15) is 12.8 Å². The second-order valence-electron chi connectivity index (χ2n) is 2.54. The van der Waals surface area contributed by atoms with Crippen LogP contribution < -0.4 is 5.73 Å². The lowest BCUT2D eigenvalue weighted by Crippen LogP contribution is -2.36. The smallest absolute Gasteiger partial charge is 0.0901 e. The van der Waals surface area contributed by atoms with Crippen LogP contribution in [0.5, 0.6) is 0 Å². The van der Waals surface area contributed by atoms with Gasteiger partial charge in [0, 0.05) is 0 Å². The number of nitrogens with two attached hydrogens (primary N) is 1. The molecule has 0 aromatic heterocycles. The Kier molecular flexibility index (Phi) is 2.03. The molecule has 1 atom stereocenters. The predicted octanol–water partition coefficient (Wildman–Crippen LogP) is 0.367. The number of hydrogen-bond donors (Lipinski definition) is 1. The van der Waals surface area contributed by atoms with E-state index in [-0.39, 0.29) is 0 Å². The maximum absolute atomic E-state index is 5.48. The second kappa shape index (κ2) is 2.62. The molecule has 0 aromatic rings. The zero-order valence-corrected chi connectivity index (χ0v) is 6.45. The largest absolute Gasteiger partial charge is 0.392 e. The van der Waals surface area contributed by atoms with E-state index in [0.29, 0.717) is 11.0 Å². The summed E-state index contributed by atoms with van der Waals surface area (Å²) in [5, 5.41) is 0. The Morgan fingerprint density at radius 2 is 2.44 bits per heavy atom. The molecule has 1 rings (SSSR count). The Morgan fingerprint density at radius 1 is 1.78 bits per heavy atom. The van der Waals surface area contributed by atoms with Gasteiger partial charge in [0.25, 0.3) is 0 Å². The van der Waals surface area contributed by atoms with Gasteiger partial charge in [-0.25, -0.2) is 0 Å². The van der Waals surface area contributed by atoms with Crippen molar-refractivity contribution in [1.29, 1.82) is 0 Å². The second-order valence-corrected chi connectivity index (χ2v) is 3.01. The first-order valence-electron chi connectivity index (χ1n) is 3.21. The van der Waals surface area contributed by atoms with Crippen molar-refractivity contribution in [1.82, 2.24) is 4.90 Å². The van der Waals surface area contributed by atoms with Gasteiger partial charge in [0.05, 0.1) is 11.0 Å². The van der Waals surface area contributed by atoms with Crippen LogP contribution in [0.3, 0.4) is 0 Å². The van der Waals surface area contributed by atoms with Gasteiger partial charge in [0.1, 0.15) is 0 Å². The summed E-state index contributed by atoms with van der Waals surface area (Å²) in [6, 6.07) is 0.375. The van der Waals surface area contributed by atoms with E-state index in [2.05, 4.69) is 11.9 Å². The predicted molar refractivity (Wildman–Crippen MR) is 42.4 cm³/mol. The lowest BCUT2D eigenvalue weighted by molar-refractivity contribution is 0.374. The molecule has 1 fully saturated rings. The van der Waals surface area contributed by atoms with Crippen molar-refractivity contribution in [3.8, 4) is 0 Å². The summed E-state index contributed by atoms with van der Waals surface area (Å²) in [7, 11) is 2.07. The molecule has 1 aliphatic rings. The van der Waals surface area contributed by atoms with Crippen LogP contribution in [-0.4, -0.2) is 29.5 Å². The van der Waals surface area contributed by atoms with E-state index in [9.17, 15) is 0 Å². The minimum Gasteiger partial charge on any atom is -0.392 e. The van der Waals surface area contributed by atoms with E-state index in [0.717, 1.165) is 13.0 Å². The molecule has 2 nitrogen and oxygen atoms in total. The molecular formula is C6H12N2S. The summed E-state index contributed by atoms with van der Waals surface area (Å²) < 4.78 is 0. The molecule has 1 aliphatic heterocycles. The average Bonchev–Trinajstić information content (AvgIpc) is 2.13. The van der Waals surface area contributed by atoms with Crippen molar-refractivity contribution in [3.63, 3.8) is 0 Å².